The third-order valence-electron chi connectivity index (χ3n) is 3.71. The Balaban J connectivity index is 2.01. The number of benzene rings is 1. The van der Waals surface area contributed by atoms with Crippen molar-refractivity contribution in [3.05, 3.63) is 29.0 Å². The fourth-order valence-electron chi connectivity index (χ4n) is 2.63. The molecule has 6 heteroatoms. The van der Waals surface area contributed by atoms with E-state index in [2.05, 4.69) is 5.32 Å². The quantitative estimate of drug-likeness (QED) is 0.867. The van der Waals surface area contributed by atoms with Crippen LogP contribution in [-0.4, -0.2) is 35.7 Å². The van der Waals surface area contributed by atoms with Crippen molar-refractivity contribution in [2.45, 2.75) is 51.7 Å². The van der Waals surface area contributed by atoms with Crippen molar-refractivity contribution < 1.29 is 13.9 Å². The summed E-state index contributed by atoms with van der Waals surface area (Å²) in [6, 6.07) is 4.22. The van der Waals surface area contributed by atoms with Gasteiger partial charge in [-0.1, -0.05) is 11.6 Å². The number of nitrogens with zero attached hydrogens (tertiary/aromatic N) is 1. The summed E-state index contributed by atoms with van der Waals surface area (Å²) in [5.74, 6) is -0.343. The first kappa shape index (κ1) is 17.9. The van der Waals surface area contributed by atoms with Gasteiger partial charge in [0, 0.05) is 13.1 Å². The molecule has 0 radical (unpaired) electrons. The van der Waals surface area contributed by atoms with Crippen LogP contribution in [0.3, 0.4) is 0 Å². The van der Waals surface area contributed by atoms with Gasteiger partial charge in [-0.15, -0.1) is 0 Å². The van der Waals surface area contributed by atoms with E-state index in [1.807, 2.05) is 20.8 Å². The number of hydrogen-bond acceptors (Lipinski definition) is 3. The molecule has 0 aliphatic carbocycles. The Morgan fingerprint density at radius 1 is 1.43 bits per heavy atom. The topological polar surface area (TPSA) is 41.6 Å². The van der Waals surface area contributed by atoms with E-state index in [0.29, 0.717) is 23.8 Å². The summed E-state index contributed by atoms with van der Waals surface area (Å²) in [5, 5.41) is 3.61. The molecule has 23 heavy (non-hydrogen) atoms. The summed E-state index contributed by atoms with van der Waals surface area (Å²) in [7, 11) is 0. The molecule has 1 aliphatic heterocycles. The van der Waals surface area contributed by atoms with E-state index >= 15 is 0 Å². The lowest BCUT2D eigenvalue weighted by Crippen LogP contribution is -2.48. The first-order valence-corrected chi connectivity index (χ1v) is 8.32. The second-order valence-electron chi connectivity index (χ2n) is 6.83. The maximum absolute atomic E-state index is 13.3. The lowest BCUT2D eigenvalue weighted by Gasteiger charge is -2.37. The fourth-order valence-corrected chi connectivity index (χ4v) is 2.82. The van der Waals surface area contributed by atoms with E-state index in [0.717, 1.165) is 19.3 Å². The van der Waals surface area contributed by atoms with Crippen molar-refractivity contribution in [3.8, 4) is 0 Å². The van der Waals surface area contributed by atoms with Crippen LogP contribution in [0.5, 0.6) is 0 Å². The predicted molar refractivity (Wildman–Crippen MR) is 90.5 cm³/mol. The number of nitrogens with one attached hydrogen (secondary N) is 1. The van der Waals surface area contributed by atoms with Gasteiger partial charge in [0.1, 0.15) is 11.4 Å². The number of carbonyl (C=O) groups excluding carboxylic acids is 1. The minimum absolute atomic E-state index is 0.0120. The van der Waals surface area contributed by atoms with Gasteiger partial charge in [-0.2, -0.15) is 0 Å². The van der Waals surface area contributed by atoms with Crippen molar-refractivity contribution >= 4 is 23.4 Å². The highest BCUT2D eigenvalue weighted by Crippen LogP contribution is 2.25. The third-order valence-corrected chi connectivity index (χ3v) is 4.04. The molecule has 1 fully saturated rings. The number of anilines is 1. The lowest BCUT2D eigenvalue weighted by atomic mass is 10.0. The standard InChI is InChI=1S/C17H24ClFN2O2/c1-17(2,3)23-16(22)21-9-5-4-6-13(21)11-20-15-10-12(19)7-8-14(15)18/h7-8,10,13,20H,4-6,9,11H2,1-3H3. The Labute approximate surface area is 141 Å². The molecule has 0 aromatic heterocycles. The van der Waals surface area contributed by atoms with Crippen molar-refractivity contribution in [3.63, 3.8) is 0 Å². The number of piperidine rings is 1. The molecule has 1 heterocycles. The zero-order valence-corrected chi connectivity index (χ0v) is 14.6. The second-order valence-corrected chi connectivity index (χ2v) is 7.24. The third kappa shape index (κ3) is 5.27. The van der Waals surface area contributed by atoms with Gasteiger partial charge in [-0.25, -0.2) is 9.18 Å². The van der Waals surface area contributed by atoms with Gasteiger partial charge in [0.05, 0.1) is 16.8 Å². The average Bonchev–Trinajstić information content (AvgIpc) is 2.47. The SMILES string of the molecule is CC(C)(C)OC(=O)N1CCCCC1CNc1cc(F)ccc1Cl. The van der Waals surface area contributed by atoms with E-state index in [9.17, 15) is 9.18 Å². The van der Waals surface area contributed by atoms with Crippen LogP contribution in [0.4, 0.5) is 14.9 Å². The Kier molecular flexibility index (Phi) is 5.74. The van der Waals surface area contributed by atoms with Crippen molar-refractivity contribution in [1.82, 2.24) is 4.90 Å². The first-order chi connectivity index (χ1) is 10.8. The van der Waals surface area contributed by atoms with Crippen LogP contribution in [0.15, 0.2) is 18.2 Å². The monoisotopic (exact) mass is 342 g/mol. The minimum atomic E-state index is -0.516. The maximum atomic E-state index is 13.3. The molecule has 1 aromatic carbocycles. The van der Waals surface area contributed by atoms with Gasteiger partial charge in [0.2, 0.25) is 0 Å². The van der Waals surface area contributed by atoms with Crippen LogP contribution >= 0.6 is 11.6 Å². The number of amides is 1. The van der Waals surface area contributed by atoms with Crippen LogP contribution in [0.25, 0.3) is 0 Å². The molecule has 0 bridgehead atoms. The summed E-state index contributed by atoms with van der Waals surface area (Å²) >= 11 is 6.07. The largest absolute Gasteiger partial charge is 0.444 e. The van der Waals surface area contributed by atoms with Crippen molar-refractivity contribution in [2.75, 3.05) is 18.4 Å². The van der Waals surface area contributed by atoms with Crippen LogP contribution in [-0.2, 0) is 4.74 Å². The number of carbonyl (C=O) groups is 1. The molecule has 0 spiro atoms. The number of ether oxygens (including phenoxy) is 1. The molecule has 1 N–H and O–H groups in total. The zero-order valence-electron chi connectivity index (χ0n) is 13.9. The molecule has 1 amide bonds. The maximum Gasteiger partial charge on any atom is 0.410 e. The summed E-state index contributed by atoms with van der Waals surface area (Å²) in [6.07, 6.45) is 2.62. The molecule has 1 saturated heterocycles. The first-order valence-electron chi connectivity index (χ1n) is 7.95. The predicted octanol–water partition coefficient (Wildman–Crippen LogP) is 4.68. The Hall–Kier alpha value is -1.49. The highest BCUT2D eigenvalue weighted by molar-refractivity contribution is 6.33. The molecule has 1 aromatic rings. The second kappa shape index (κ2) is 7.39. The van der Waals surface area contributed by atoms with E-state index < -0.39 is 5.60 Å². The van der Waals surface area contributed by atoms with Gasteiger partial charge >= 0.3 is 6.09 Å². The van der Waals surface area contributed by atoms with Crippen LogP contribution in [0.1, 0.15) is 40.0 Å². The van der Waals surface area contributed by atoms with Gasteiger partial charge in [-0.3, -0.25) is 0 Å². The Bertz CT molecular complexity index is 560. The number of likely N-dealkylation sites (tertiary alicyclic amines) is 1. The molecule has 1 unspecified atom stereocenters. The molecule has 2 rings (SSSR count). The van der Waals surface area contributed by atoms with Crippen molar-refractivity contribution in [1.29, 1.82) is 0 Å². The van der Waals surface area contributed by atoms with Crippen molar-refractivity contribution in [2.24, 2.45) is 0 Å². The van der Waals surface area contributed by atoms with Gasteiger partial charge in [0.25, 0.3) is 0 Å². The molecule has 128 valence electrons. The van der Waals surface area contributed by atoms with E-state index in [-0.39, 0.29) is 18.0 Å². The number of rotatable bonds is 3. The van der Waals surface area contributed by atoms with E-state index in [4.69, 9.17) is 16.3 Å². The summed E-state index contributed by atoms with van der Waals surface area (Å²) < 4.78 is 18.8. The highest BCUT2D eigenvalue weighted by atomic mass is 35.5. The molecule has 4 nitrogen and oxygen atoms in total. The van der Waals surface area contributed by atoms with Gasteiger partial charge < -0.3 is 15.0 Å². The Morgan fingerprint density at radius 2 is 2.17 bits per heavy atom. The summed E-state index contributed by atoms with van der Waals surface area (Å²) in [5.41, 5.74) is 0.0274. The average molecular weight is 343 g/mol. The summed E-state index contributed by atoms with van der Waals surface area (Å²) in [4.78, 5) is 14.1. The molecular formula is C17H24ClFN2O2. The summed E-state index contributed by atoms with van der Waals surface area (Å²) in [6.45, 7) is 6.76. The lowest BCUT2D eigenvalue weighted by molar-refractivity contribution is 0.0114. The highest BCUT2D eigenvalue weighted by Gasteiger charge is 2.30. The van der Waals surface area contributed by atoms with E-state index in [1.54, 1.807) is 4.90 Å². The molecule has 1 aliphatic rings. The Morgan fingerprint density at radius 3 is 2.87 bits per heavy atom. The van der Waals surface area contributed by atoms with Gasteiger partial charge in [0.15, 0.2) is 0 Å². The van der Waals surface area contributed by atoms with Crippen LogP contribution < -0.4 is 5.32 Å². The van der Waals surface area contributed by atoms with Crippen LogP contribution in [0, 0.1) is 5.82 Å². The van der Waals surface area contributed by atoms with Crippen LogP contribution in [0.2, 0.25) is 5.02 Å². The molecule has 1 atom stereocenters. The number of halogens is 2. The number of hydrogen-bond donors (Lipinski definition) is 1. The fraction of sp³-hybridized carbons (Fsp3) is 0.588. The smallest absolute Gasteiger partial charge is 0.410 e. The molecular weight excluding hydrogens is 319 g/mol. The minimum Gasteiger partial charge on any atom is -0.444 e. The normalized spacial score (nSPS) is 18.7. The van der Waals surface area contributed by atoms with E-state index in [1.165, 1.54) is 18.2 Å². The molecule has 0 saturated carbocycles. The zero-order chi connectivity index (χ0) is 17.0. The van der Waals surface area contributed by atoms with Gasteiger partial charge in [-0.05, 0) is 58.2 Å².